The molecule has 1 aromatic heterocycles. The first-order valence-corrected chi connectivity index (χ1v) is 6.49. The summed E-state index contributed by atoms with van der Waals surface area (Å²) in [5.41, 5.74) is -0.276. The molecule has 1 heterocycles. The third-order valence-corrected chi connectivity index (χ3v) is 3.17. The van der Waals surface area contributed by atoms with Crippen LogP contribution in [0, 0.1) is 5.92 Å². The summed E-state index contributed by atoms with van der Waals surface area (Å²) < 4.78 is 1.50. The van der Waals surface area contributed by atoms with Gasteiger partial charge in [-0.25, -0.2) is 9.89 Å². The molecule has 96 valence electrons. The number of aromatic amines is 1. The Kier molecular flexibility index (Phi) is 5.27. The third kappa shape index (κ3) is 4.64. The van der Waals surface area contributed by atoms with Gasteiger partial charge in [0, 0.05) is 6.54 Å². The molecule has 0 fully saturated rings. The fraction of sp³-hybridized carbons (Fsp3) is 0.700. The SMILES string of the molecule is CC(C)CCCn1c(SCC(=O)O)n[nH]c1=O. The summed E-state index contributed by atoms with van der Waals surface area (Å²) in [6, 6.07) is 0. The minimum atomic E-state index is -0.917. The van der Waals surface area contributed by atoms with Crippen LogP contribution in [-0.2, 0) is 11.3 Å². The highest BCUT2D eigenvalue weighted by Gasteiger charge is 2.10. The maximum atomic E-state index is 11.4. The van der Waals surface area contributed by atoms with Gasteiger partial charge in [0.15, 0.2) is 5.16 Å². The van der Waals surface area contributed by atoms with Crippen molar-refractivity contribution in [2.75, 3.05) is 5.75 Å². The van der Waals surface area contributed by atoms with E-state index in [2.05, 4.69) is 24.0 Å². The van der Waals surface area contributed by atoms with Crippen LogP contribution in [0.15, 0.2) is 9.95 Å². The van der Waals surface area contributed by atoms with Gasteiger partial charge in [-0.1, -0.05) is 25.6 Å². The molecule has 0 aliphatic carbocycles. The quantitative estimate of drug-likeness (QED) is 0.718. The number of rotatable bonds is 7. The maximum absolute atomic E-state index is 11.4. The zero-order valence-electron chi connectivity index (χ0n) is 9.97. The fourth-order valence-electron chi connectivity index (χ4n) is 1.39. The summed E-state index contributed by atoms with van der Waals surface area (Å²) in [6.45, 7) is 4.83. The predicted octanol–water partition coefficient (Wildman–Crippen LogP) is 1.18. The monoisotopic (exact) mass is 259 g/mol. The number of carboxylic acid groups (broad SMARTS) is 1. The summed E-state index contributed by atoms with van der Waals surface area (Å²) in [6.07, 6.45) is 1.92. The predicted molar refractivity (Wildman–Crippen MR) is 65.3 cm³/mol. The molecule has 0 saturated heterocycles. The summed E-state index contributed by atoms with van der Waals surface area (Å²) in [5.74, 6) is -0.416. The lowest BCUT2D eigenvalue weighted by Gasteiger charge is -2.06. The van der Waals surface area contributed by atoms with Gasteiger partial charge in [-0.15, -0.1) is 5.10 Å². The minimum Gasteiger partial charge on any atom is -0.481 e. The second-order valence-electron chi connectivity index (χ2n) is 4.18. The Balaban J connectivity index is 2.60. The molecule has 0 aliphatic heterocycles. The largest absolute Gasteiger partial charge is 0.481 e. The number of hydrogen-bond acceptors (Lipinski definition) is 4. The van der Waals surface area contributed by atoms with E-state index in [-0.39, 0.29) is 11.4 Å². The van der Waals surface area contributed by atoms with E-state index in [1.165, 1.54) is 4.57 Å². The van der Waals surface area contributed by atoms with E-state index in [4.69, 9.17) is 5.11 Å². The average Bonchev–Trinajstić information content (AvgIpc) is 2.57. The number of carbonyl (C=O) groups is 1. The van der Waals surface area contributed by atoms with Crippen molar-refractivity contribution < 1.29 is 9.90 Å². The van der Waals surface area contributed by atoms with E-state index >= 15 is 0 Å². The second kappa shape index (κ2) is 6.48. The number of aromatic nitrogens is 3. The number of aliphatic carboxylic acids is 1. The number of thioether (sulfide) groups is 1. The summed E-state index contributed by atoms with van der Waals surface area (Å²) in [5, 5.41) is 15.2. The van der Waals surface area contributed by atoms with Gasteiger partial charge in [0.25, 0.3) is 0 Å². The molecule has 1 aromatic rings. The zero-order chi connectivity index (χ0) is 12.8. The molecule has 0 radical (unpaired) electrons. The molecule has 0 bridgehead atoms. The van der Waals surface area contributed by atoms with E-state index in [0.717, 1.165) is 24.6 Å². The van der Waals surface area contributed by atoms with Crippen molar-refractivity contribution in [2.24, 2.45) is 5.92 Å². The standard InChI is InChI=1S/C10H17N3O3S/c1-7(2)4-3-5-13-9(16)11-12-10(13)17-6-8(14)15/h7H,3-6H2,1-2H3,(H,11,16)(H,14,15). The molecule has 0 atom stereocenters. The number of nitrogens with zero attached hydrogens (tertiary/aromatic N) is 2. The Bertz CT molecular complexity index is 425. The molecular formula is C10H17N3O3S. The summed E-state index contributed by atoms with van der Waals surface area (Å²) >= 11 is 1.06. The van der Waals surface area contributed by atoms with Crippen LogP contribution in [0.1, 0.15) is 26.7 Å². The van der Waals surface area contributed by atoms with Crippen molar-refractivity contribution in [3.63, 3.8) is 0 Å². The first-order valence-electron chi connectivity index (χ1n) is 5.50. The number of H-pyrrole nitrogens is 1. The highest BCUT2D eigenvalue weighted by atomic mass is 32.2. The summed E-state index contributed by atoms with van der Waals surface area (Å²) in [4.78, 5) is 21.9. The smallest absolute Gasteiger partial charge is 0.343 e. The molecule has 6 nitrogen and oxygen atoms in total. The molecule has 0 aliphatic rings. The van der Waals surface area contributed by atoms with Crippen LogP contribution in [0.3, 0.4) is 0 Å². The van der Waals surface area contributed by atoms with Crippen LogP contribution in [0.5, 0.6) is 0 Å². The van der Waals surface area contributed by atoms with Crippen molar-refractivity contribution >= 4 is 17.7 Å². The van der Waals surface area contributed by atoms with Gasteiger partial charge in [-0.05, 0) is 18.8 Å². The highest BCUT2D eigenvalue weighted by molar-refractivity contribution is 7.99. The molecule has 0 unspecified atom stereocenters. The van der Waals surface area contributed by atoms with E-state index in [0.29, 0.717) is 17.6 Å². The average molecular weight is 259 g/mol. The molecular weight excluding hydrogens is 242 g/mol. The first-order chi connectivity index (χ1) is 8.00. The maximum Gasteiger partial charge on any atom is 0.343 e. The van der Waals surface area contributed by atoms with Crippen molar-refractivity contribution in [1.82, 2.24) is 14.8 Å². The van der Waals surface area contributed by atoms with Crippen LogP contribution < -0.4 is 5.69 Å². The topological polar surface area (TPSA) is 88.0 Å². The van der Waals surface area contributed by atoms with E-state index in [9.17, 15) is 9.59 Å². The van der Waals surface area contributed by atoms with Gasteiger partial charge < -0.3 is 5.11 Å². The number of nitrogens with one attached hydrogen (secondary N) is 1. The highest BCUT2D eigenvalue weighted by Crippen LogP contribution is 2.14. The second-order valence-corrected chi connectivity index (χ2v) is 5.12. The third-order valence-electron chi connectivity index (χ3n) is 2.21. The molecule has 0 aromatic carbocycles. The lowest BCUT2D eigenvalue weighted by atomic mass is 10.1. The van der Waals surface area contributed by atoms with Crippen molar-refractivity contribution in [1.29, 1.82) is 0 Å². The van der Waals surface area contributed by atoms with Crippen molar-refractivity contribution in [2.45, 2.75) is 38.4 Å². The Hall–Kier alpha value is -1.24. The molecule has 7 heteroatoms. The minimum absolute atomic E-state index is 0.0888. The van der Waals surface area contributed by atoms with Gasteiger partial charge in [-0.2, -0.15) is 0 Å². The Morgan fingerprint density at radius 1 is 1.59 bits per heavy atom. The van der Waals surface area contributed by atoms with Crippen molar-refractivity contribution in [3.8, 4) is 0 Å². The number of hydrogen-bond donors (Lipinski definition) is 2. The lowest BCUT2D eigenvalue weighted by molar-refractivity contribution is -0.133. The first kappa shape index (κ1) is 13.8. The van der Waals surface area contributed by atoms with Crippen molar-refractivity contribution in [3.05, 3.63) is 10.5 Å². The van der Waals surface area contributed by atoms with Gasteiger partial charge >= 0.3 is 11.7 Å². The lowest BCUT2D eigenvalue weighted by Crippen LogP contribution is -2.18. The van der Waals surface area contributed by atoms with E-state index in [1.807, 2.05) is 0 Å². The summed E-state index contributed by atoms with van der Waals surface area (Å²) in [7, 11) is 0. The molecule has 0 spiro atoms. The van der Waals surface area contributed by atoms with Crippen LogP contribution in [0.4, 0.5) is 0 Å². The zero-order valence-corrected chi connectivity index (χ0v) is 10.8. The normalized spacial score (nSPS) is 11.0. The molecule has 17 heavy (non-hydrogen) atoms. The molecule has 0 saturated carbocycles. The Labute approximate surface area is 103 Å². The molecule has 1 rings (SSSR count). The van der Waals surface area contributed by atoms with E-state index < -0.39 is 5.97 Å². The number of carboxylic acids is 1. The Morgan fingerprint density at radius 3 is 2.88 bits per heavy atom. The molecule has 0 amide bonds. The van der Waals surface area contributed by atoms with Gasteiger partial charge in [-0.3, -0.25) is 9.36 Å². The van der Waals surface area contributed by atoms with Crippen LogP contribution >= 0.6 is 11.8 Å². The van der Waals surface area contributed by atoms with Crippen LogP contribution in [-0.4, -0.2) is 31.6 Å². The van der Waals surface area contributed by atoms with Crippen LogP contribution in [0.25, 0.3) is 0 Å². The Morgan fingerprint density at radius 2 is 2.29 bits per heavy atom. The van der Waals surface area contributed by atoms with Gasteiger partial charge in [0.05, 0.1) is 5.75 Å². The fourth-order valence-corrected chi connectivity index (χ4v) is 2.09. The van der Waals surface area contributed by atoms with Crippen LogP contribution in [0.2, 0.25) is 0 Å². The van der Waals surface area contributed by atoms with E-state index in [1.54, 1.807) is 0 Å². The van der Waals surface area contributed by atoms with Gasteiger partial charge in [0.1, 0.15) is 0 Å². The van der Waals surface area contributed by atoms with Gasteiger partial charge in [0.2, 0.25) is 0 Å². The molecule has 2 N–H and O–H groups in total.